The van der Waals surface area contributed by atoms with Crippen molar-refractivity contribution in [2.75, 3.05) is 12.4 Å². The predicted octanol–water partition coefficient (Wildman–Crippen LogP) is 2.35. The van der Waals surface area contributed by atoms with E-state index in [4.69, 9.17) is 0 Å². The van der Waals surface area contributed by atoms with E-state index in [2.05, 4.69) is 29.7 Å². The van der Waals surface area contributed by atoms with Crippen LogP contribution in [-0.4, -0.2) is 42.6 Å². The molecule has 3 aromatic rings. The molecule has 0 saturated carbocycles. The summed E-state index contributed by atoms with van der Waals surface area (Å²) in [5, 5.41) is 14.3. The zero-order valence-electron chi connectivity index (χ0n) is 16.4. The van der Waals surface area contributed by atoms with Gasteiger partial charge in [0.25, 0.3) is 11.8 Å². The van der Waals surface area contributed by atoms with Gasteiger partial charge in [-0.1, -0.05) is 5.21 Å². The van der Waals surface area contributed by atoms with Crippen LogP contribution >= 0.6 is 23.1 Å². The first-order valence-electron chi connectivity index (χ1n) is 9.35. The molecule has 1 aliphatic carbocycles. The number of aromatic nitrogens is 5. The summed E-state index contributed by atoms with van der Waals surface area (Å²) >= 11 is 2.63. The number of hydrogen-bond acceptors (Lipinski definition) is 8. The Kier molecular flexibility index (Phi) is 5.41. The molecule has 3 aromatic heterocycles. The molecule has 4 rings (SSSR count). The van der Waals surface area contributed by atoms with Gasteiger partial charge in [-0.05, 0) is 45.1 Å². The molecule has 29 heavy (non-hydrogen) atoms. The van der Waals surface area contributed by atoms with Crippen LogP contribution in [0.4, 0.5) is 5.00 Å². The molecule has 0 bridgehead atoms. The summed E-state index contributed by atoms with van der Waals surface area (Å²) in [6.45, 7) is 4.09. The standard InChI is InChI=1S/C18H21N7O2S2/c1-9-12(23-29-22-9)8-25-10(2)15(21-24-25)17(27)20-18-14(16(26)19-3)11-6-4-5-7-13(11)28-18/h4-8H2,1-3H3,(H,19,26)(H,20,27). The topological polar surface area (TPSA) is 115 Å². The second-order valence-electron chi connectivity index (χ2n) is 6.93. The third-order valence-electron chi connectivity index (χ3n) is 5.10. The van der Waals surface area contributed by atoms with Crippen molar-refractivity contribution in [1.29, 1.82) is 0 Å². The second-order valence-corrected chi connectivity index (χ2v) is 8.56. The molecule has 0 atom stereocenters. The van der Waals surface area contributed by atoms with Gasteiger partial charge in [-0.15, -0.1) is 16.4 Å². The number of carbonyl (C=O) groups is 2. The van der Waals surface area contributed by atoms with E-state index in [1.165, 1.54) is 16.2 Å². The summed E-state index contributed by atoms with van der Waals surface area (Å²) in [6, 6.07) is 0. The van der Waals surface area contributed by atoms with Gasteiger partial charge >= 0.3 is 0 Å². The van der Waals surface area contributed by atoms with Gasteiger partial charge in [-0.2, -0.15) is 8.75 Å². The summed E-state index contributed by atoms with van der Waals surface area (Å²) in [5.74, 6) is -0.544. The lowest BCUT2D eigenvalue weighted by molar-refractivity contribution is 0.0963. The number of thiophene rings is 1. The van der Waals surface area contributed by atoms with E-state index in [1.54, 1.807) is 18.7 Å². The van der Waals surface area contributed by atoms with Gasteiger partial charge in [0.05, 0.1) is 40.9 Å². The molecule has 11 heteroatoms. The molecule has 2 N–H and O–H groups in total. The van der Waals surface area contributed by atoms with Crippen molar-refractivity contribution in [3.05, 3.63) is 38.8 Å². The van der Waals surface area contributed by atoms with Crippen molar-refractivity contribution in [2.24, 2.45) is 0 Å². The monoisotopic (exact) mass is 431 g/mol. The summed E-state index contributed by atoms with van der Waals surface area (Å²) in [4.78, 5) is 26.6. The fraction of sp³-hybridized carbons (Fsp3) is 0.444. The maximum atomic E-state index is 12.9. The van der Waals surface area contributed by atoms with Gasteiger partial charge in [0.15, 0.2) is 5.69 Å². The number of fused-ring (bicyclic) bond motifs is 1. The largest absolute Gasteiger partial charge is 0.355 e. The van der Waals surface area contributed by atoms with Crippen LogP contribution in [0.2, 0.25) is 0 Å². The fourth-order valence-electron chi connectivity index (χ4n) is 3.44. The number of hydrogen-bond donors (Lipinski definition) is 2. The number of rotatable bonds is 5. The number of nitrogens with one attached hydrogen (secondary N) is 2. The van der Waals surface area contributed by atoms with Gasteiger partial charge in [0.1, 0.15) is 5.00 Å². The summed E-state index contributed by atoms with van der Waals surface area (Å²) in [7, 11) is 1.60. The quantitative estimate of drug-likeness (QED) is 0.641. The first-order valence-corrected chi connectivity index (χ1v) is 10.9. The van der Waals surface area contributed by atoms with Crippen molar-refractivity contribution < 1.29 is 9.59 Å². The molecule has 9 nitrogen and oxygen atoms in total. The molecule has 1 aliphatic rings. The van der Waals surface area contributed by atoms with Crippen LogP contribution in [-0.2, 0) is 19.4 Å². The van der Waals surface area contributed by atoms with Crippen LogP contribution in [0.5, 0.6) is 0 Å². The van der Waals surface area contributed by atoms with Gasteiger partial charge in [-0.25, -0.2) is 4.68 Å². The van der Waals surface area contributed by atoms with Crippen LogP contribution in [0.3, 0.4) is 0 Å². The van der Waals surface area contributed by atoms with Gasteiger partial charge in [0, 0.05) is 11.9 Å². The Morgan fingerprint density at radius 1 is 1.14 bits per heavy atom. The van der Waals surface area contributed by atoms with Crippen LogP contribution in [0.25, 0.3) is 0 Å². The van der Waals surface area contributed by atoms with Crippen LogP contribution in [0.1, 0.15) is 61.2 Å². The zero-order chi connectivity index (χ0) is 20.5. The molecule has 0 fully saturated rings. The Balaban J connectivity index is 1.60. The average Bonchev–Trinajstić information content (AvgIpc) is 3.39. The van der Waals surface area contributed by atoms with E-state index in [1.807, 2.05) is 6.92 Å². The van der Waals surface area contributed by atoms with Crippen molar-refractivity contribution in [2.45, 2.75) is 46.1 Å². The van der Waals surface area contributed by atoms with Gasteiger partial charge in [0.2, 0.25) is 0 Å². The molecular weight excluding hydrogens is 410 g/mol. The number of anilines is 1. The zero-order valence-corrected chi connectivity index (χ0v) is 18.0. The van der Waals surface area contributed by atoms with E-state index in [0.717, 1.165) is 54.4 Å². The second kappa shape index (κ2) is 7.99. The van der Waals surface area contributed by atoms with Gasteiger partial charge < -0.3 is 10.6 Å². The van der Waals surface area contributed by atoms with E-state index >= 15 is 0 Å². The number of aryl methyl sites for hydroxylation is 2. The smallest absolute Gasteiger partial charge is 0.278 e. The minimum Gasteiger partial charge on any atom is -0.355 e. The summed E-state index contributed by atoms with van der Waals surface area (Å²) in [5.41, 5.74) is 4.16. The highest BCUT2D eigenvalue weighted by Crippen LogP contribution is 2.38. The molecule has 0 unspecified atom stereocenters. The summed E-state index contributed by atoms with van der Waals surface area (Å²) in [6.07, 6.45) is 3.96. The van der Waals surface area contributed by atoms with Crippen molar-refractivity contribution >= 4 is 39.9 Å². The Bertz CT molecular complexity index is 1080. The average molecular weight is 432 g/mol. The molecule has 0 saturated heterocycles. The van der Waals surface area contributed by atoms with Crippen molar-refractivity contribution in [3.8, 4) is 0 Å². The lowest BCUT2D eigenvalue weighted by Gasteiger charge is -2.12. The summed E-state index contributed by atoms with van der Waals surface area (Å²) < 4.78 is 10.0. The van der Waals surface area contributed by atoms with Crippen LogP contribution < -0.4 is 10.6 Å². The van der Waals surface area contributed by atoms with Crippen LogP contribution in [0, 0.1) is 13.8 Å². The Morgan fingerprint density at radius 3 is 2.66 bits per heavy atom. The van der Waals surface area contributed by atoms with Gasteiger partial charge in [-0.3, -0.25) is 9.59 Å². The third kappa shape index (κ3) is 3.67. The molecule has 2 amide bonds. The normalized spacial score (nSPS) is 13.2. The molecule has 0 radical (unpaired) electrons. The first-order chi connectivity index (χ1) is 14.0. The molecule has 0 spiro atoms. The highest BCUT2D eigenvalue weighted by Gasteiger charge is 2.27. The SMILES string of the molecule is CNC(=O)c1c(NC(=O)c2nnn(Cc3nsnc3C)c2C)sc2c1CCCC2. The van der Waals surface area contributed by atoms with Crippen molar-refractivity contribution in [3.63, 3.8) is 0 Å². The van der Waals surface area contributed by atoms with E-state index in [-0.39, 0.29) is 17.5 Å². The predicted molar refractivity (Wildman–Crippen MR) is 111 cm³/mol. The maximum absolute atomic E-state index is 12.9. The van der Waals surface area contributed by atoms with E-state index in [9.17, 15) is 9.59 Å². The minimum absolute atomic E-state index is 0.174. The Labute approximate surface area is 175 Å². The number of nitrogens with zero attached hydrogens (tertiary/aromatic N) is 5. The third-order valence-corrected chi connectivity index (χ3v) is 6.96. The number of amides is 2. The molecule has 0 aromatic carbocycles. The lowest BCUT2D eigenvalue weighted by Crippen LogP contribution is -2.22. The Hall–Kier alpha value is -2.66. The fourth-order valence-corrected chi connectivity index (χ4v) is 5.28. The highest BCUT2D eigenvalue weighted by atomic mass is 32.1. The Morgan fingerprint density at radius 2 is 1.93 bits per heavy atom. The molecular formula is C18H21N7O2S2. The lowest BCUT2D eigenvalue weighted by atomic mass is 9.95. The highest BCUT2D eigenvalue weighted by molar-refractivity contribution is 7.17. The first kappa shape index (κ1) is 19.6. The van der Waals surface area contributed by atoms with E-state index < -0.39 is 0 Å². The number of carbonyl (C=O) groups excluding carboxylic acids is 2. The van der Waals surface area contributed by atoms with Crippen molar-refractivity contribution in [1.82, 2.24) is 29.1 Å². The molecule has 3 heterocycles. The maximum Gasteiger partial charge on any atom is 0.278 e. The van der Waals surface area contributed by atoms with Crippen LogP contribution in [0.15, 0.2) is 0 Å². The molecule has 152 valence electrons. The minimum atomic E-state index is -0.370. The molecule has 0 aliphatic heterocycles. The van der Waals surface area contributed by atoms with E-state index in [0.29, 0.717) is 22.8 Å².